The van der Waals surface area contributed by atoms with Crippen LogP contribution in [-0.4, -0.2) is 33.8 Å². The van der Waals surface area contributed by atoms with E-state index in [-0.39, 0.29) is 30.3 Å². The zero-order chi connectivity index (χ0) is 15.4. The van der Waals surface area contributed by atoms with Crippen LogP contribution in [0.3, 0.4) is 0 Å². The molecule has 0 radical (unpaired) electrons. The highest BCUT2D eigenvalue weighted by atomic mass is 35.5. The minimum atomic E-state index is -0.000719. The molecule has 1 fully saturated rings. The molecule has 1 aliphatic heterocycles. The average Bonchev–Trinajstić information content (AvgIpc) is 3.10. The van der Waals surface area contributed by atoms with Crippen molar-refractivity contribution >= 4 is 18.3 Å². The predicted octanol–water partition coefficient (Wildman–Crippen LogP) is 1.87. The van der Waals surface area contributed by atoms with Crippen LogP contribution in [0.5, 0.6) is 0 Å². The molecule has 23 heavy (non-hydrogen) atoms. The summed E-state index contributed by atoms with van der Waals surface area (Å²) >= 11 is 0. The van der Waals surface area contributed by atoms with Crippen LogP contribution in [0.4, 0.5) is 0 Å². The standard InChI is InChI=1S/C16H21N5O.ClH/c1-12(20-16(22)14-3-2-8-17-9-14)13-4-6-15(7-5-13)21-11-18-10-19-21;/h4-7,10-12,14,17H,2-3,8-9H2,1H3,(H,20,22);1H. The lowest BCUT2D eigenvalue weighted by atomic mass is 9.98. The molecule has 2 heterocycles. The number of nitrogens with one attached hydrogen (secondary N) is 2. The summed E-state index contributed by atoms with van der Waals surface area (Å²) < 4.78 is 1.71. The highest BCUT2D eigenvalue weighted by Crippen LogP contribution is 2.17. The molecule has 1 amide bonds. The van der Waals surface area contributed by atoms with Gasteiger partial charge in [-0.15, -0.1) is 12.4 Å². The van der Waals surface area contributed by atoms with Gasteiger partial charge in [-0.2, -0.15) is 5.10 Å². The third kappa shape index (κ3) is 4.30. The topological polar surface area (TPSA) is 71.8 Å². The number of benzene rings is 1. The zero-order valence-electron chi connectivity index (χ0n) is 13.1. The SMILES string of the molecule is CC(NC(=O)C1CCCNC1)c1ccc(-n2cncn2)cc1.Cl. The first-order chi connectivity index (χ1) is 10.7. The van der Waals surface area contributed by atoms with Gasteiger partial charge in [0, 0.05) is 6.54 Å². The van der Waals surface area contributed by atoms with Gasteiger partial charge in [-0.25, -0.2) is 9.67 Å². The van der Waals surface area contributed by atoms with Gasteiger partial charge in [-0.05, 0) is 44.0 Å². The summed E-state index contributed by atoms with van der Waals surface area (Å²) in [6, 6.07) is 7.99. The highest BCUT2D eigenvalue weighted by Gasteiger charge is 2.22. The van der Waals surface area contributed by atoms with Crippen LogP contribution >= 0.6 is 12.4 Å². The fourth-order valence-electron chi connectivity index (χ4n) is 2.75. The van der Waals surface area contributed by atoms with Gasteiger partial charge in [0.15, 0.2) is 0 Å². The van der Waals surface area contributed by atoms with Crippen LogP contribution in [0.1, 0.15) is 31.4 Å². The van der Waals surface area contributed by atoms with E-state index in [2.05, 4.69) is 20.7 Å². The Hall–Kier alpha value is -1.92. The summed E-state index contributed by atoms with van der Waals surface area (Å²) in [5, 5.41) is 10.5. The van der Waals surface area contributed by atoms with E-state index in [1.54, 1.807) is 11.0 Å². The molecule has 0 saturated carbocycles. The molecule has 2 atom stereocenters. The molecule has 1 saturated heterocycles. The van der Waals surface area contributed by atoms with Crippen molar-refractivity contribution < 1.29 is 4.79 Å². The molecule has 1 aromatic heterocycles. The van der Waals surface area contributed by atoms with E-state index in [9.17, 15) is 4.79 Å². The molecular weight excluding hydrogens is 314 g/mol. The molecule has 3 rings (SSSR count). The second-order valence-corrected chi connectivity index (χ2v) is 5.71. The van der Waals surface area contributed by atoms with E-state index >= 15 is 0 Å². The van der Waals surface area contributed by atoms with Crippen molar-refractivity contribution in [3.05, 3.63) is 42.5 Å². The second-order valence-electron chi connectivity index (χ2n) is 5.71. The van der Waals surface area contributed by atoms with Crippen LogP contribution in [-0.2, 0) is 4.79 Å². The minimum absolute atomic E-state index is 0. The summed E-state index contributed by atoms with van der Waals surface area (Å²) in [6.07, 6.45) is 5.21. The largest absolute Gasteiger partial charge is 0.349 e. The molecule has 7 heteroatoms. The zero-order valence-corrected chi connectivity index (χ0v) is 13.9. The maximum atomic E-state index is 12.3. The maximum absolute atomic E-state index is 12.3. The number of aromatic nitrogens is 3. The third-order valence-corrected chi connectivity index (χ3v) is 4.10. The smallest absolute Gasteiger partial charge is 0.224 e. The van der Waals surface area contributed by atoms with E-state index in [0.29, 0.717) is 0 Å². The Morgan fingerprint density at radius 2 is 2.17 bits per heavy atom. The van der Waals surface area contributed by atoms with E-state index in [4.69, 9.17) is 0 Å². The maximum Gasteiger partial charge on any atom is 0.224 e. The number of halogens is 1. The Morgan fingerprint density at radius 1 is 1.39 bits per heavy atom. The highest BCUT2D eigenvalue weighted by molar-refractivity contribution is 5.85. The number of hydrogen-bond acceptors (Lipinski definition) is 4. The lowest BCUT2D eigenvalue weighted by molar-refractivity contribution is -0.126. The molecule has 6 nitrogen and oxygen atoms in total. The molecule has 1 aromatic carbocycles. The van der Waals surface area contributed by atoms with Gasteiger partial charge in [-0.1, -0.05) is 12.1 Å². The van der Waals surface area contributed by atoms with Gasteiger partial charge in [-0.3, -0.25) is 4.79 Å². The van der Waals surface area contributed by atoms with E-state index in [1.165, 1.54) is 6.33 Å². The molecule has 2 unspecified atom stereocenters. The van der Waals surface area contributed by atoms with Crippen molar-refractivity contribution in [1.29, 1.82) is 0 Å². The number of rotatable bonds is 4. The molecule has 124 valence electrons. The van der Waals surface area contributed by atoms with Crippen LogP contribution in [0.15, 0.2) is 36.9 Å². The summed E-state index contributed by atoms with van der Waals surface area (Å²) in [6.45, 7) is 3.81. The van der Waals surface area contributed by atoms with Gasteiger partial charge in [0.05, 0.1) is 17.6 Å². The number of hydrogen-bond donors (Lipinski definition) is 2. The van der Waals surface area contributed by atoms with E-state index in [0.717, 1.165) is 37.2 Å². The Kier molecular flexibility index (Phi) is 6.12. The number of nitrogens with zero attached hydrogens (tertiary/aromatic N) is 3. The number of carbonyl (C=O) groups is 1. The van der Waals surface area contributed by atoms with Crippen molar-refractivity contribution in [3.8, 4) is 5.69 Å². The first-order valence-electron chi connectivity index (χ1n) is 7.70. The van der Waals surface area contributed by atoms with Gasteiger partial charge in [0.2, 0.25) is 5.91 Å². The van der Waals surface area contributed by atoms with Crippen molar-refractivity contribution in [2.24, 2.45) is 5.92 Å². The van der Waals surface area contributed by atoms with Crippen LogP contribution in [0.25, 0.3) is 5.69 Å². The fourth-order valence-corrected chi connectivity index (χ4v) is 2.75. The van der Waals surface area contributed by atoms with E-state index < -0.39 is 0 Å². The molecule has 0 spiro atoms. The molecule has 0 aliphatic carbocycles. The Morgan fingerprint density at radius 3 is 2.78 bits per heavy atom. The quantitative estimate of drug-likeness (QED) is 0.894. The normalized spacial score (nSPS) is 18.7. The van der Waals surface area contributed by atoms with Crippen LogP contribution < -0.4 is 10.6 Å². The predicted molar refractivity (Wildman–Crippen MR) is 90.8 cm³/mol. The number of piperidine rings is 1. The first kappa shape index (κ1) is 17.4. The van der Waals surface area contributed by atoms with Crippen molar-refractivity contribution in [3.63, 3.8) is 0 Å². The van der Waals surface area contributed by atoms with Crippen LogP contribution in [0.2, 0.25) is 0 Å². The van der Waals surface area contributed by atoms with Crippen LogP contribution in [0, 0.1) is 5.92 Å². The lowest BCUT2D eigenvalue weighted by Gasteiger charge is -2.24. The molecular formula is C16H22ClN5O. The van der Waals surface area contributed by atoms with Gasteiger partial charge in [0.1, 0.15) is 12.7 Å². The molecule has 2 N–H and O–H groups in total. The fraction of sp³-hybridized carbons (Fsp3) is 0.438. The average molecular weight is 336 g/mol. The molecule has 0 bridgehead atoms. The molecule has 1 aliphatic rings. The number of carbonyl (C=O) groups excluding carboxylic acids is 1. The third-order valence-electron chi connectivity index (χ3n) is 4.10. The van der Waals surface area contributed by atoms with Gasteiger partial charge >= 0.3 is 0 Å². The van der Waals surface area contributed by atoms with Crippen molar-refractivity contribution in [2.75, 3.05) is 13.1 Å². The monoisotopic (exact) mass is 335 g/mol. The Balaban J connectivity index is 0.00000192. The van der Waals surface area contributed by atoms with Gasteiger partial charge < -0.3 is 10.6 Å². The van der Waals surface area contributed by atoms with Gasteiger partial charge in [0.25, 0.3) is 0 Å². The summed E-state index contributed by atoms with van der Waals surface area (Å²) in [5.74, 6) is 0.227. The van der Waals surface area contributed by atoms with E-state index in [1.807, 2.05) is 31.2 Å². The summed E-state index contributed by atoms with van der Waals surface area (Å²) in [5.41, 5.74) is 2.04. The molecule has 2 aromatic rings. The van der Waals surface area contributed by atoms with Crippen molar-refractivity contribution in [1.82, 2.24) is 25.4 Å². The minimum Gasteiger partial charge on any atom is -0.349 e. The Bertz CT molecular complexity index is 608. The van der Waals surface area contributed by atoms with Crippen molar-refractivity contribution in [2.45, 2.75) is 25.8 Å². The second kappa shape index (κ2) is 8.08. The Labute approximate surface area is 142 Å². The summed E-state index contributed by atoms with van der Waals surface area (Å²) in [4.78, 5) is 16.2. The first-order valence-corrected chi connectivity index (χ1v) is 7.70. The summed E-state index contributed by atoms with van der Waals surface area (Å²) in [7, 11) is 0. The lowest BCUT2D eigenvalue weighted by Crippen LogP contribution is -2.41. The number of amides is 1.